The summed E-state index contributed by atoms with van der Waals surface area (Å²) in [4.78, 5) is 15.7. The van der Waals surface area contributed by atoms with Crippen LogP contribution in [0.5, 0.6) is 5.75 Å². The van der Waals surface area contributed by atoms with Crippen molar-refractivity contribution in [1.29, 1.82) is 0 Å². The van der Waals surface area contributed by atoms with Gasteiger partial charge >= 0.3 is 0 Å². The molecule has 9 nitrogen and oxygen atoms in total. The zero-order valence-corrected chi connectivity index (χ0v) is 23.5. The summed E-state index contributed by atoms with van der Waals surface area (Å²) in [6, 6.07) is 8.91. The van der Waals surface area contributed by atoms with Gasteiger partial charge in [0.05, 0.1) is 21.5 Å². The van der Waals surface area contributed by atoms with Gasteiger partial charge in [0, 0.05) is 12.0 Å². The topological polar surface area (TPSA) is 109 Å². The third-order valence-electron chi connectivity index (χ3n) is 7.45. The molecule has 1 saturated heterocycles. The summed E-state index contributed by atoms with van der Waals surface area (Å²) in [6.45, 7) is 9.83. The first-order valence-electron chi connectivity index (χ1n) is 13.2. The van der Waals surface area contributed by atoms with Gasteiger partial charge in [0.2, 0.25) is 11.9 Å². The van der Waals surface area contributed by atoms with Gasteiger partial charge in [0.25, 0.3) is 0 Å². The minimum atomic E-state index is -3.49. The van der Waals surface area contributed by atoms with Crippen LogP contribution >= 0.6 is 0 Å². The Kier molecular flexibility index (Phi) is 7.28. The maximum Gasteiger partial charge on any atom is 0.232 e. The molecule has 0 aliphatic carbocycles. The Morgan fingerprint density at radius 2 is 1.71 bits per heavy atom. The minimum Gasteiger partial charge on any atom is -0.488 e. The lowest BCUT2D eigenvalue weighted by Gasteiger charge is -2.31. The quantitative estimate of drug-likeness (QED) is 0.432. The highest BCUT2D eigenvalue weighted by Gasteiger charge is 2.31. The molecule has 2 aliphatic heterocycles. The molecule has 0 amide bonds. The van der Waals surface area contributed by atoms with Crippen molar-refractivity contribution in [3.8, 4) is 5.75 Å². The van der Waals surface area contributed by atoms with E-state index in [2.05, 4.69) is 57.4 Å². The van der Waals surface area contributed by atoms with Crippen molar-refractivity contribution >= 4 is 33.1 Å². The molecule has 3 aromatic rings. The van der Waals surface area contributed by atoms with E-state index in [1.54, 1.807) is 38.1 Å². The third-order valence-corrected chi connectivity index (χ3v) is 9.66. The molecule has 3 heterocycles. The van der Waals surface area contributed by atoms with Crippen LogP contribution in [-0.4, -0.2) is 59.8 Å². The van der Waals surface area contributed by atoms with E-state index in [4.69, 9.17) is 4.74 Å². The fourth-order valence-electron chi connectivity index (χ4n) is 5.44. The number of piperidine rings is 1. The van der Waals surface area contributed by atoms with Gasteiger partial charge in [-0.2, -0.15) is 4.98 Å². The molecule has 0 radical (unpaired) electrons. The van der Waals surface area contributed by atoms with E-state index in [0.717, 1.165) is 43.8 Å². The summed E-state index contributed by atoms with van der Waals surface area (Å²) >= 11 is 0. The number of hydrogen-bond donors (Lipinski definition) is 2. The largest absolute Gasteiger partial charge is 0.488 e. The molecule has 2 aliphatic rings. The predicted octanol–water partition coefficient (Wildman–Crippen LogP) is 4.98. The molecule has 202 valence electrons. The van der Waals surface area contributed by atoms with Crippen LogP contribution in [0, 0.1) is 6.92 Å². The fourth-order valence-corrected chi connectivity index (χ4v) is 6.64. The molecule has 2 aromatic carbocycles. The van der Waals surface area contributed by atoms with E-state index in [1.807, 2.05) is 0 Å². The lowest BCUT2D eigenvalue weighted by atomic mass is 9.82. The molecule has 2 N–H and O–H groups in total. The van der Waals surface area contributed by atoms with E-state index in [0.29, 0.717) is 17.6 Å². The van der Waals surface area contributed by atoms with Crippen molar-refractivity contribution in [2.75, 3.05) is 30.8 Å². The Morgan fingerprint density at radius 3 is 2.39 bits per heavy atom. The molecule has 0 bridgehead atoms. The van der Waals surface area contributed by atoms with Crippen LogP contribution in [0.1, 0.15) is 56.2 Å². The minimum absolute atomic E-state index is 0.104. The predicted molar refractivity (Wildman–Crippen MR) is 150 cm³/mol. The molecule has 5 rings (SSSR count). The van der Waals surface area contributed by atoms with Crippen LogP contribution in [0.2, 0.25) is 0 Å². The normalized spacial score (nSPS) is 18.3. The molecular weight excluding hydrogens is 500 g/mol. The standard InChI is InChI=1S/C28H36N6O3S/c1-17(2)38(35,36)24-9-7-6-8-22(24)31-27-29-16-30-28(33-27)32-23-14-18(3)25(20-10-12-34(5)13-11-20)21-15-19(4)37-26(21)23/h6-9,14,16-17,19-20H,10-13,15H2,1-5H3,(H2,29,30,31,32,33)/t19-/m1/s1. The number of fused-ring (bicyclic) bond motifs is 1. The maximum absolute atomic E-state index is 12.9. The Labute approximate surface area is 225 Å². The van der Waals surface area contributed by atoms with Gasteiger partial charge in [0.15, 0.2) is 9.84 Å². The first-order valence-corrected chi connectivity index (χ1v) is 14.8. The Morgan fingerprint density at radius 1 is 1.05 bits per heavy atom. The molecule has 0 spiro atoms. The fraction of sp³-hybridized carbons (Fsp3) is 0.464. The Hall–Kier alpha value is -3.24. The number of para-hydroxylation sites is 1. The molecule has 38 heavy (non-hydrogen) atoms. The summed E-state index contributed by atoms with van der Waals surface area (Å²) in [5, 5.41) is 5.86. The van der Waals surface area contributed by atoms with E-state index in [-0.39, 0.29) is 16.9 Å². The number of nitrogens with zero attached hydrogens (tertiary/aromatic N) is 4. The van der Waals surface area contributed by atoms with Gasteiger partial charge in [-0.1, -0.05) is 12.1 Å². The van der Waals surface area contributed by atoms with Crippen LogP contribution in [0.3, 0.4) is 0 Å². The number of ether oxygens (including phenoxy) is 1. The third kappa shape index (κ3) is 5.19. The summed E-state index contributed by atoms with van der Waals surface area (Å²) in [5.74, 6) is 2.02. The van der Waals surface area contributed by atoms with Crippen molar-refractivity contribution in [3.63, 3.8) is 0 Å². The van der Waals surface area contributed by atoms with Crippen LogP contribution in [0.25, 0.3) is 0 Å². The SMILES string of the molecule is Cc1cc(Nc2ncnc(Nc3ccccc3S(=O)(=O)C(C)C)n2)c2c(c1C1CCN(C)CC1)C[C@@H](C)O2. The summed E-state index contributed by atoms with van der Waals surface area (Å²) in [5.41, 5.74) is 5.23. The van der Waals surface area contributed by atoms with Crippen LogP contribution in [0.15, 0.2) is 41.6 Å². The molecule has 10 heteroatoms. The molecule has 1 atom stereocenters. The van der Waals surface area contributed by atoms with Crippen LogP contribution < -0.4 is 15.4 Å². The van der Waals surface area contributed by atoms with Gasteiger partial charge in [-0.05, 0) is 95.9 Å². The second kappa shape index (κ2) is 10.5. The van der Waals surface area contributed by atoms with E-state index < -0.39 is 15.1 Å². The number of anilines is 4. The molecule has 0 saturated carbocycles. The smallest absolute Gasteiger partial charge is 0.232 e. The van der Waals surface area contributed by atoms with Crippen molar-refractivity contribution in [2.24, 2.45) is 0 Å². The number of rotatable bonds is 7. The number of aryl methyl sites for hydroxylation is 1. The van der Waals surface area contributed by atoms with Gasteiger partial charge in [-0.25, -0.2) is 18.4 Å². The molecule has 1 fully saturated rings. The average Bonchev–Trinajstić information content (AvgIpc) is 3.27. The highest BCUT2D eigenvalue weighted by Crippen LogP contribution is 2.45. The summed E-state index contributed by atoms with van der Waals surface area (Å²) in [6.07, 6.45) is 4.70. The summed E-state index contributed by atoms with van der Waals surface area (Å²) < 4.78 is 32.0. The lowest BCUT2D eigenvalue weighted by molar-refractivity contribution is 0.254. The average molecular weight is 537 g/mol. The lowest BCUT2D eigenvalue weighted by Crippen LogP contribution is -2.29. The number of likely N-dealkylation sites (tertiary alicyclic amines) is 1. The second-order valence-corrected chi connectivity index (χ2v) is 13.1. The molecule has 0 unspecified atom stereocenters. The Balaban J connectivity index is 1.43. The second-order valence-electron chi connectivity index (χ2n) is 10.6. The van der Waals surface area contributed by atoms with E-state index in [9.17, 15) is 8.42 Å². The zero-order chi connectivity index (χ0) is 27.0. The maximum atomic E-state index is 12.9. The molecule has 1 aromatic heterocycles. The van der Waals surface area contributed by atoms with E-state index >= 15 is 0 Å². The van der Waals surface area contributed by atoms with Crippen molar-refractivity contribution in [1.82, 2.24) is 19.9 Å². The van der Waals surface area contributed by atoms with Crippen molar-refractivity contribution < 1.29 is 13.2 Å². The summed E-state index contributed by atoms with van der Waals surface area (Å²) in [7, 11) is -1.30. The van der Waals surface area contributed by atoms with E-state index in [1.165, 1.54) is 23.0 Å². The first-order chi connectivity index (χ1) is 18.1. The van der Waals surface area contributed by atoms with Crippen LogP contribution in [0.4, 0.5) is 23.3 Å². The molecular formula is C28H36N6O3S. The van der Waals surface area contributed by atoms with Crippen LogP contribution in [-0.2, 0) is 16.3 Å². The van der Waals surface area contributed by atoms with Gasteiger partial charge in [0.1, 0.15) is 18.2 Å². The monoisotopic (exact) mass is 536 g/mol. The van der Waals surface area contributed by atoms with Crippen molar-refractivity contribution in [2.45, 2.75) is 69.1 Å². The van der Waals surface area contributed by atoms with Gasteiger partial charge in [-0.3, -0.25) is 0 Å². The van der Waals surface area contributed by atoms with Crippen molar-refractivity contribution in [3.05, 3.63) is 53.3 Å². The van der Waals surface area contributed by atoms with Gasteiger partial charge in [-0.15, -0.1) is 0 Å². The highest BCUT2D eigenvalue weighted by molar-refractivity contribution is 7.92. The number of aromatic nitrogens is 3. The Bertz CT molecular complexity index is 1430. The first kappa shape index (κ1) is 26.4. The number of benzene rings is 2. The number of nitrogens with one attached hydrogen (secondary N) is 2. The zero-order valence-electron chi connectivity index (χ0n) is 22.7. The van der Waals surface area contributed by atoms with Gasteiger partial charge < -0.3 is 20.3 Å². The number of sulfone groups is 1. The highest BCUT2D eigenvalue weighted by atomic mass is 32.2. The number of hydrogen-bond acceptors (Lipinski definition) is 9.